The maximum Gasteiger partial charge on any atom is 0.317 e. The lowest BCUT2D eigenvalue weighted by atomic mass is 10.2. The molecule has 0 radical (unpaired) electrons. The van der Waals surface area contributed by atoms with E-state index in [0.29, 0.717) is 25.3 Å². The van der Waals surface area contributed by atoms with Crippen molar-refractivity contribution < 1.29 is 14.7 Å². The zero-order valence-corrected chi connectivity index (χ0v) is 12.6. The SMILES string of the molecule is NC(N)=Nc1ccc(CNC(=O)N2CCN(C(=O)[O-])CC2)cc1. The van der Waals surface area contributed by atoms with Gasteiger partial charge >= 0.3 is 6.03 Å². The molecule has 0 atom stereocenters. The number of guanidine groups is 1. The first kappa shape index (κ1) is 16.4. The molecule has 0 bridgehead atoms. The van der Waals surface area contributed by atoms with Crippen LogP contribution in [0, 0.1) is 0 Å². The van der Waals surface area contributed by atoms with Crippen molar-refractivity contribution in [2.75, 3.05) is 26.2 Å². The van der Waals surface area contributed by atoms with Crippen molar-refractivity contribution in [3.8, 4) is 0 Å². The normalized spacial score (nSPS) is 14.3. The summed E-state index contributed by atoms with van der Waals surface area (Å²) in [5, 5.41) is 13.5. The summed E-state index contributed by atoms with van der Waals surface area (Å²) in [7, 11) is 0. The van der Waals surface area contributed by atoms with Gasteiger partial charge in [-0.1, -0.05) is 12.1 Å². The van der Waals surface area contributed by atoms with E-state index in [1.54, 1.807) is 17.0 Å². The zero-order chi connectivity index (χ0) is 16.8. The van der Waals surface area contributed by atoms with Crippen molar-refractivity contribution in [3.05, 3.63) is 29.8 Å². The molecule has 3 amide bonds. The van der Waals surface area contributed by atoms with Crippen LogP contribution in [-0.2, 0) is 6.54 Å². The van der Waals surface area contributed by atoms with Gasteiger partial charge in [0.05, 0.1) is 5.69 Å². The number of amides is 3. The maximum atomic E-state index is 12.0. The van der Waals surface area contributed by atoms with Gasteiger partial charge in [0.25, 0.3) is 0 Å². The number of hydrogen-bond donors (Lipinski definition) is 3. The maximum absolute atomic E-state index is 12.0. The lowest BCUT2D eigenvalue weighted by Crippen LogP contribution is -2.55. The molecule has 1 heterocycles. The molecule has 9 nitrogen and oxygen atoms in total. The van der Waals surface area contributed by atoms with Gasteiger partial charge in [-0.05, 0) is 17.7 Å². The van der Waals surface area contributed by atoms with Crippen LogP contribution in [0.3, 0.4) is 0 Å². The minimum atomic E-state index is -1.20. The van der Waals surface area contributed by atoms with E-state index in [2.05, 4.69) is 10.3 Å². The van der Waals surface area contributed by atoms with E-state index in [9.17, 15) is 14.7 Å². The number of carbonyl (C=O) groups excluding carboxylic acids is 2. The molecule has 1 aromatic carbocycles. The van der Waals surface area contributed by atoms with E-state index in [-0.39, 0.29) is 25.1 Å². The van der Waals surface area contributed by atoms with Gasteiger partial charge in [-0.2, -0.15) is 0 Å². The standard InChI is InChI=1S/C14H20N6O3/c15-12(16)18-11-3-1-10(2-4-11)9-17-13(21)19-5-7-20(8-6-19)14(22)23/h1-4H,5-9H2,(H,17,21)(H,22,23)(H4,15,16,18)/p-1. The van der Waals surface area contributed by atoms with E-state index < -0.39 is 6.09 Å². The molecule has 1 aliphatic heterocycles. The zero-order valence-electron chi connectivity index (χ0n) is 12.6. The molecular formula is C14H19N6O3-. The van der Waals surface area contributed by atoms with Gasteiger partial charge in [-0.3, -0.25) is 0 Å². The average molecular weight is 319 g/mol. The lowest BCUT2D eigenvalue weighted by Gasteiger charge is -2.36. The van der Waals surface area contributed by atoms with Crippen LogP contribution >= 0.6 is 0 Å². The molecule has 23 heavy (non-hydrogen) atoms. The fraction of sp³-hybridized carbons (Fsp3) is 0.357. The Bertz CT molecular complexity index is 589. The van der Waals surface area contributed by atoms with Gasteiger partial charge in [-0.15, -0.1) is 0 Å². The number of rotatable bonds is 3. The van der Waals surface area contributed by atoms with E-state index in [1.165, 1.54) is 4.90 Å². The number of nitrogens with two attached hydrogens (primary N) is 2. The van der Waals surface area contributed by atoms with Gasteiger partial charge in [-0.25, -0.2) is 9.79 Å². The number of hydrogen-bond acceptors (Lipinski definition) is 4. The van der Waals surface area contributed by atoms with E-state index in [0.717, 1.165) is 5.56 Å². The number of carboxylic acid groups (broad SMARTS) is 1. The molecule has 0 aromatic heterocycles. The largest absolute Gasteiger partial charge is 0.530 e. The summed E-state index contributed by atoms with van der Waals surface area (Å²) in [6.45, 7) is 1.60. The molecule has 5 N–H and O–H groups in total. The first-order valence-corrected chi connectivity index (χ1v) is 7.13. The summed E-state index contributed by atoms with van der Waals surface area (Å²) in [5.41, 5.74) is 12.1. The average Bonchev–Trinajstić information content (AvgIpc) is 2.53. The van der Waals surface area contributed by atoms with E-state index in [4.69, 9.17) is 11.5 Å². The first-order valence-electron chi connectivity index (χ1n) is 7.13. The molecule has 9 heteroatoms. The fourth-order valence-corrected chi connectivity index (χ4v) is 2.22. The number of nitrogens with one attached hydrogen (secondary N) is 1. The highest BCUT2D eigenvalue weighted by atomic mass is 16.4. The Balaban J connectivity index is 1.80. The highest BCUT2D eigenvalue weighted by molar-refractivity contribution is 5.79. The Morgan fingerprint density at radius 1 is 1.09 bits per heavy atom. The number of carbonyl (C=O) groups is 2. The Labute approximate surface area is 133 Å². The molecule has 1 saturated heterocycles. The van der Waals surface area contributed by atoms with E-state index >= 15 is 0 Å². The molecule has 1 fully saturated rings. The number of aliphatic imine (C=N–C) groups is 1. The van der Waals surface area contributed by atoms with Crippen LogP contribution in [-0.4, -0.2) is 54.1 Å². The number of nitrogens with zero attached hydrogens (tertiary/aromatic N) is 3. The first-order chi connectivity index (χ1) is 11.0. The molecule has 0 saturated carbocycles. The van der Waals surface area contributed by atoms with Crippen LogP contribution in [0.4, 0.5) is 15.3 Å². The van der Waals surface area contributed by atoms with Crippen molar-refractivity contribution in [1.82, 2.24) is 15.1 Å². The molecule has 2 rings (SSSR count). The Morgan fingerprint density at radius 2 is 1.65 bits per heavy atom. The Kier molecular flexibility index (Phi) is 5.23. The van der Waals surface area contributed by atoms with Crippen LogP contribution in [0.25, 0.3) is 0 Å². The molecule has 0 aliphatic carbocycles. The van der Waals surface area contributed by atoms with Crippen LogP contribution in [0.2, 0.25) is 0 Å². The minimum Gasteiger partial charge on any atom is -0.530 e. The summed E-state index contributed by atoms with van der Waals surface area (Å²) in [6, 6.07) is 6.91. The van der Waals surface area contributed by atoms with Crippen molar-refractivity contribution in [1.29, 1.82) is 0 Å². The van der Waals surface area contributed by atoms with Crippen LogP contribution < -0.4 is 21.9 Å². The molecule has 124 valence electrons. The number of urea groups is 1. The summed E-state index contributed by atoms with van der Waals surface area (Å²) < 4.78 is 0. The number of piperazine rings is 1. The Hall–Kier alpha value is -2.97. The summed E-state index contributed by atoms with van der Waals surface area (Å²) in [6.07, 6.45) is -1.20. The van der Waals surface area contributed by atoms with Crippen molar-refractivity contribution in [2.45, 2.75) is 6.54 Å². The quantitative estimate of drug-likeness (QED) is 0.472. The summed E-state index contributed by atoms with van der Waals surface area (Å²) >= 11 is 0. The van der Waals surface area contributed by atoms with Gasteiger partial charge < -0.3 is 36.5 Å². The molecule has 1 aromatic rings. The van der Waals surface area contributed by atoms with Gasteiger partial charge in [0, 0.05) is 32.7 Å². The minimum absolute atomic E-state index is 0.0123. The third-order valence-corrected chi connectivity index (χ3v) is 3.46. The second-order valence-electron chi connectivity index (χ2n) is 5.10. The molecule has 0 unspecified atom stereocenters. The third-order valence-electron chi connectivity index (χ3n) is 3.46. The predicted molar refractivity (Wildman–Crippen MR) is 82.7 cm³/mol. The predicted octanol–water partition coefficient (Wildman–Crippen LogP) is -1.24. The van der Waals surface area contributed by atoms with Crippen LogP contribution in [0.5, 0.6) is 0 Å². The second-order valence-corrected chi connectivity index (χ2v) is 5.10. The lowest BCUT2D eigenvalue weighted by molar-refractivity contribution is -0.266. The monoisotopic (exact) mass is 319 g/mol. The smallest absolute Gasteiger partial charge is 0.317 e. The van der Waals surface area contributed by atoms with Crippen molar-refractivity contribution in [3.63, 3.8) is 0 Å². The van der Waals surface area contributed by atoms with Crippen molar-refractivity contribution in [2.24, 2.45) is 16.5 Å². The third kappa shape index (κ3) is 4.77. The summed E-state index contributed by atoms with van der Waals surface area (Å²) in [5.74, 6) is -0.0123. The van der Waals surface area contributed by atoms with Gasteiger partial charge in [0.1, 0.15) is 6.09 Å². The van der Waals surface area contributed by atoms with Crippen LogP contribution in [0.15, 0.2) is 29.3 Å². The molecule has 0 spiro atoms. The highest BCUT2D eigenvalue weighted by Gasteiger charge is 2.20. The molecule has 1 aliphatic rings. The Morgan fingerprint density at radius 3 is 2.17 bits per heavy atom. The van der Waals surface area contributed by atoms with E-state index in [1.807, 2.05) is 12.1 Å². The van der Waals surface area contributed by atoms with Gasteiger partial charge in [0.15, 0.2) is 5.96 Å². The van der Waals surface area contributed by atoms with Gasteiger partial charge in [0.2, 0.25) is 0 Å². The van der Waals surface area contributed by atoms with Crippen LogP contribution in [0.1, 0.15) is 5.56 Å². The summed E-state index contributed by atoms with van der Waals surface area (Å²) in [4.78, 5) is 29.4. The highest BCUT2D eigenvalue weighted by Crippen LogP contribution is 2.12. The number of benzene rings is 1. The topological polar surface area (TPSA) is 140 Å². The van der Waals surface area contributed by atoms with Crippen molar-refractivity contribution >= 4 is 23.8 Å². The fourth-order valence-electron chi connectivity index (χ4n) is 2.22. The second kappa shape index (κ2) is 7.34. The molecular weight excluding hydrogens is 300 g/mol.